The van der Waals surface area contributed by atoms with Gasteiger partial charge in [0.25, 0.3) is 0 Å². The maximum atomic E-state index is 12.3. The summed E-state index contributed by atoms with van der Waals surface area (Å²) in [5.74, 6) is -0.220. The molecule has 0 amide bonds. The fourth-order valence-corrected chi connectivity index (χ4v) is 3.10. The van der Waals surface area contributed by atoms with Gasteiger partial charge in [0.1, 0.15) is 11.5 Å². The van der Waals surface area contributed by atoms with E-state index in [0.717, 1.165) is 11.1 Å². The average molecular weight is 315 g/mol. The Kier molecular flexibility index (Phi) is 3.86. The van der Waals surface area contributed by atoms with Crippen molar-refractivity contribution < 1.29 is 9.90 Å². The topological polar surface area (TPSA) is 55.1 Å². The SMILES string of the molecule is CC(=O)C1C(c2ccc(O)cc2)=C(Cl)C=CC1n1cccn1. The first-order chi connectivity index (χ1) is 10.6. The molecule has 1 aromatic heterocycles. The van der Waals surface area contributed by atoms with Crippen LogP contribution in [-0.4, -0.2) is 20.7 Å². The molecule has 3 rings (SSSR count). The molecule has 0 radical (unpaired) electrons. The second-order valence-corrected chi connectivity index (χ2v) is 5.64. The first-order valence-corrected chi connectivity index (χ1v) is 7.32. The number of phenols is 1. The van der Waals surface area contributed by atoms with Crippen LogP contribution in [0.5, 0.6) is 5.75 Å². The lowest BCUT2D eigenvalue weighted by molar-refractivity contribution is -0.119. The Morgan fingerprint density at radius 1 is 1.32 bits per heavy atom. The lowest BCUT2D eigenvalue weighted by Gasteiger charge is -2.29. The summed E-state index contributed by atoms with van der Waals surface area (Å²) in [6, 6.07) is 8.32. The minimum atomic E-state index is -0.415. The third kappa shape index (κ3) is 2.57. The van der Waals surface area contributed by atoms with Crippen molar-refractivity contribution in [3.63, 3.8) is 0 Å². The fourth-order valence-electron chi connectivity index (χ4n) is 2.80. The van der Waals surface area contributed by atoms with Gasteiger partial charge in [-0.3, -0.25) is 9.48 Å². The predicted molar refractivity (Wildman–Crippen MR) is 85.5 cm³/mol. The average Bonchev–Trinajstić information content (AvgIpc) is 3.02. The maximum Gasteiger partial charge on any atom is 0.139 e. The van der Waals surface area contributed by atoms with Crippen molar-refractivity contribution in [2.75, 3.05) is 0 Å². The number of Topliss-reactive ketones (excluding diaryl/α,β-unsaturated/α-hetero) is 1. The quantitative estimate of drug-likeness (QED) is 0.942. The molecule has 0 fully saturated rings. The zero-order chi connectivity index (χ0) is 15.7. The summed E-state index contributed by atoms with van der Waals surface area (Å²) in [5, 5.41) is 14.2. The lowest BCUT2D eigenvalue weighted by Crippen LogP contribution is -2.27. The number of hydrogen-bond acceptors (Lipinski definition) is 3. The highest BCUT2D eigenvalue weighted by Gasteiger charge is 2.34. The molecule has 1 heterocycles. The number of aromatic nitrogens is 2. The van der Waals surface area contributed by atoms with Crippen LogP contribution in [-0.2, 0) is 4.79 Å². The Balaban J connectivity index is 2.10. The molecular weight excluding hydrogens is 300 g/mol. The Bertz CT molecular complexity index is 745. The van der Waals surface area contributed by atoms with E-state index in [9.17, 15) is 9.90 Å². The molecule has 0 saturated heterocycles. The van der Waals surface area contributed by atoms with Crippen molar-refractivity contribution in [1.29, 1.82) is 0 Å². The Hall–Kier alpha value is -2.33. The molecule has 0 spiro atoms. The van der Waals surface area contributed by atoms with E-state index in [1.807, 2.05) is 18.3 Å². The predicted octanol–water partition coefficient (Wildman–Crippen LogP) is 3.55. The highest BCUT2D eigenvalue weighted by Crippen LogP contribution is 2.41. The van der Waals surface area contributed by atoms with Crippen molar-refractivity contribution in [2.24, 2.45) is 5.92 Å². The standard InChI is InChI=1S/C17H15ClN2O2/c1-11(21)16-15(20-10-2-9-19-20)8-7-14(18)17(16)12-3-5-13(22)6-4-12/h2-10,15-16,22H,1H3. The van der Waals surface area contributed by atoms with Crippen LogP contribution in [0.2, 0.25) is 0 Å². The van der Waals surface area contributed by atoms with Gasteiger partial charge in [0.15, 0.2) is 0 Å². The van der Waals surface area contributed by atoms with E-state index in [1.54, 1.807) is 48.1 Å². The van der Waals surface area contributed by atoms with Crippen molar-refractivity contribution in [3.8, 4) is 5.75 Å². The molecule has 2 aromatic rings. The number of halogens is 1. The van der Waals surface area contributed by atoms with Crippen molar-refractivity contribution in [3.05, 3.63) is 65.5 Å². The molecule has 22 heavy (non-hydrogen) atoms. The molecule has 1 aromatic carbocycles. The third-order valence-electron chi connectivity index (χ3n) is 3.80. The summed E-state index contributed by atoms with van der Waals surface area (Å²) in [6.45, 7) is 1.56. The number of phenolic OH excluding ortho intramolecular Hbond substituents is 1. The van der Waals surface area contributed by atoms with E-state index in [2.05, 4.69) is 5.10 Å². The van der Waals surface area contributed by atoms with E-state index in [1.165, 1.54) is 0 Å². The van der Waals surface area contributed by atoms with E-state index in [-0.39, 0.29) is 17.6 Å². The number of nitrogens with zero attached hydrogens (tertiary/aromatic N) is 2. The number of rotatable bonds is 3. The van der Waals surface area contributed by atoms with Crippen LogP contribution in [0.15, 0.2) is 59.9 Å². The normalized spacial score (nSPS) is 21.2. The number of benzene rings is 1. The van der Waals surface area contributed by atoms with Gasteiger partial charge in [-0.2, -0.15) is 5.10 Å². The van der Waals surface area contributed by atoms with E-state index >= 15 is 0 Å². The molecule has 0 saturated carbocycles. The molecule has 0 bridgehead atoms. The number of ketones is 1. The first kappa shape index (κ1) is 14.6. The maximum absolute atomic E-state index is 12.3. The van der Waals surface area contributed by atoms with Crippen LogP contribution in [0.1, 0.15) is 18.5 Å². The van der Waals surface area contributed by atoms with Gasteiger partial charge in [0, 0.05) is 17.4 Å². The highest BCUT2D eigenvalue weighted by molar-refractivity contribution is 6.35. The number of carbonyl (C=O) groups excluding carboxylic acids is 1. The Morgan fingerprint density at radius 2 is 2.05 bits per heavy atom. The van der Waals surface area contributed by atoms with E-state index in [4.69, 9.17) is 11.6 Å². The minimum Gasteiger partial charge on any atom is -0.508 e. The van der Waals surface area contributed by atoms with Crippen molar-refractivity contribution in [2.45, 2.75) is 13.0 Å². The van der Waals surface area contributed by atoms with Crippen LogP contribution in [0, 0.1) is 5.92 Å². The summed E-state index contributed by atoms with van der Waals surface area (Å²) in [7, 11) is 0. The molecule has 1 aliphatic carbocycles. The Labute approximate surface area is 133 Å². The molecular formula is C17H15ClN2O2. The van der Waals surface area contributed by atoms with Crippen LogP contribution >= 0.6 is 11.6 Å². The van der Waals surface area contributed by atoms with Gasteiger partial charge in [-0.25, -0.2) is 0 Å². The number of carbonyl (C=O) groups is 1. The molecule has 112 valence electrons. The van der Waals surface area contributed by atoms with Crippen molar-refractivity contribution in [1.82, 2.24) is 9.78 Å². The van der Waals surface area contributed by atoms with Gasteiger partial charge in [0.05, 0.1) is 12.0 Å². The van der Waals surface area contributed by atoms with Crippen LogP contribution in [0.3, 0.4) is 0 Å². The first-order valence-electron chi connectivity index (χ1n) is 6.95. The monoisotopic (exact) mass is 314 g/mol. The van der Waals surface area contributed by atoms with Crippen LogP contribution in [0.25, 0.3) is 5.57 Å². The van der Waals surface area contributed by atoms with Gasteiger partial charge in [0.2, 0.25) is 0 Å². The largest absolute Gasteiger partial charge is 0.508 e. The minimum absolute atomic E-state index is 0.0195. The molecule has 4 nitrogen and oxygen atoms in total. The van der Waals surface area contributed by atoms with Crippen LogP contribution in [0.4, 0.5) is 0 Å². The molecule has 2 atom stereocenters. The third-order valence-corrected chi connectivity index (χ3v) is 4.13. The fraction of sp³-hybridized carbons (Fsp3) is 0.176. The summed E-state index contributed by atoms with van der Waals surface area (Å²) < 4.78 is 1.76. The van der Waals surface area contributed by atoms with Crippen LogP contribution < -0.4 is 0 Å². The number of allylic oxidation sites excluding steroid dienone is 4. The van der Waals surface area contributed by atoms with Gasteiger partial charge >= 0.3 is 0 Å². The molecule has 5 heteroatoms. The summed E-state index contributed by atoms with van der Waals surface area (Å²) in [5.41, 5.74) is 1.58. The molecule has 1 N–H and O–H groups in total. The van der Waals surface area contributed by atoms with E-state index < -0.39 is 5.92 Å². The second-order valence-electron chi connectivity index (χ2n) is 5.23. The van der Waals surface area contributed by atoms with E-state index in [0.29, 0.717) is 5.03 Å². The number of hydrogen-bond donors (Lipinski definition) is 1. The summed E-state index contributed by atoms with van der Waals surface area (Å²) in [4.78, 5) is 12.3. The van der Waals surface area contributed by atoms with Gasteiger partial charge < -0.3 is 5.11 Å². The zero-order valence-electron chi connectivity index (χ0n) is 12.0. The smallest absolute Gasteiger partial charge is 0.139 e. The second kappa shape index (κ2) is 5.81. The summed E-state index contributed by atoms with van der Waals surface area (Å²) >= 11 is 6.37. The number of aromatic hydroxyl groups is 1. The van der Waals surface area contributed by atoms with Gasteiger partial charge in [-0.1, -0.05) is 29.8 Å². The van der Waals surface area contributed by atoms with Gasteiger partial charge in [-0.15, -0.1) is 0 Å². The van der Waals surface area contributed by atoms with Gasteiger partial charge in [-0.05, 0) is 42.3 Å². The summed E-state index contributed by atoms with van der Waals surface area (Å²) in [6.07, 6.45) is 7.21. The molecule has 2 unspecified atom stereocenters. The molecule has 1 aliphatic rings. The molecule has 0 aliphatic heterocycles. The highest BCUT2D eigenvalue weighted by atomic mass is 35.5. The zero-order valence-corrected chi connectivity index (χ0v) is 12.7. The lowest BCUT2D eigenvalue weighted by atomic mass is 9.81. The Morgan fingerprint density at radius 3 is 2.64 bits per heavy atom. The van der Waals surface area contributed by atoms with Crippen molar-refractivity contribution >= 4 is 23.0 Å².